The summed E-state index contributed by atoms with van der Waals surface area (Å²) in [6.07, 6.45) is 8.01. The third-order valence-corrected chi connectivity index (χ3v) is 12.1. The number of esters is 2. The first-order valence-corrected chi connectivity index (χ1v) is 24.9. The largest absolute Gasteiger partial charge is 0.497 e. The van der Waals surface area contributed by atoms with Gasteiger partial charge in [0.15, 0.2) is 0 Å². The molecule has 6 rings (SSSR count). The van der Waals surface area contributed by atoms with E-state index in [9.17, 15) is 28.8 Å². The van der Waals surface area contributed by atoms with Crippen LogP contribution >= 0.6 is 0 Å². The monoisotopic (exact) mass is 999 g/mol. The molecule has 1 aliphatic rings. The molecule has 0 saturated carbocycles. The van der Waals surface area contributed by atoms with E-state index < -0.39 is 23.8 Å². The van der Waals surface area contributed by atoms with Gasteiger partial charge in [-0.2, -0.15) is 0 Å². The van der Waals surface area contributed by atoms with Gasteiger partial charge in [-0.05, 0) is 84.5 Å². The molecule has 15 nitrogen and oxygen atoms in total. The summed E-state index contributed by atoms with van der Waals surface area (Å²) in [6.45, 7) is 9.16. The predicted molar refractivity (Wildman–Crippen MR) is 280 cm³/mol. The van der Waals surface area contributed by atoms with E-state index in [1.807, 2.05) is 66.7 Å². The van der Waals surface area contributed by atoms with Gasteiger partial charge >= 0.3 is 11.9 Å². The van der Waals surface area contributed by atoms with Gasteiger partial charge < -0.3 is 39.6 Å². The first-order chi connectivity index (χ1) is 35.2. The summed E-state index contributed by atoms with van der Waals surface area (Å²) in [5, 5.41) is 8.26. The summed E-state index contributed by atoms with van der Waals surface area (Å²) in [5.74, 6) is -0.249. The van der Waals surface area contributed by atoms with Crippen LogP contribution in [-0.2, 0) is 45.6 Å². The Balaban J connectivity index is 0.000000334. The van der Waals surface area contributed by atoms with Gasteiger partial charge in [0.25, 0.3) is 11.8 Å². The highest BCUT2D eigenvalue weighted by molar-refractivity contribution is 6.01. The van der Waals surface area contributed by atoms with Crippen molar-refractivity contribution < 1.29 is 52.5 Å². The minimum Gasteiger partial charge on any atom is -0.497 e. The van der Waals surface area contributed by atoms with Gasteiger partial charge in [0.05, 0.1) is 19.8 Å². The highest BCUT2D eigenvalue weighted by atomic mass is 16.6. The van der Waals surface area contributed by atoms with Crippen molar-refractivity contribution in [2.45, 2.75) is 111 Å². The maximum absolute atomic E-state index is 13.4. The number of nitrogens with zero attached hydrogens (tertiary/aromatic N) is 1. The summed E-state index contributed by atoms with van der Waals surface area (Å²) in [4.78, 5) is 73.2. The van der Waals surface area contributed by atoms with E-state index >= 15 is 0 Å². The van der Waals surface area contributed by atoms with E-state index in [0.29, 0.717) is 53.3 Å². The molecule has 0 aliphatic carbocycles. The highest BCUT2D eigenvalue weighted by Gasteiger charge is 2.40. The number of benzene rings is 5. The second kappa shape index (κ2) is 28.5. The molecule has 5 aromatic carbocycles. The molecule has 0 fully saturated rings. The highest BCUT2D eigenvalue weighted by Crippen LogP contribution is 2.42. The molecular weight excluding hydrogens is 929 g/mol. The Kier molecular flexibility index (Phi) is 22.0. The van der Waals surface area contributed by atoms with Crippen LogP contribution in [0.4, 0.5) is 11.4 Å². The van der Waals surface area contributed by atoms with E-state index in [4.69, 9.17) is 23.7 Å². The van der Waals surface area contributed by atoms with Gasteiger partial charge in [0, 0.05) is 75.5 Å². The summed E-state index contributed by atoms with van der Waals surface area (Å²) in [6, 6.07) is 36.2. The number of carbonyl (C=O) groups excluding carboxylic acids is 6. The van der Waals surface area contributed by atoms with Crippen molar-refractivity contribution >= 4 is 46.9 Å². The van der Waals surface area contributed by atoms with Crippen LogP contribution in [0.15, 0.2) is 115 Å². The van der Waals surface area contributed by atoms with Crippen LogP contribution in [-0.4, -0.2) is 74.4 Å². The van der Waals surface area contributed by atoms with E-state index in [2.05, 4.69) is 35.0 Å². The van der Waals surface area contributed by atoms with Crippen LogP contribution in [0.2, 0.25) is 0 Å². The van der Waals surface area contributed by atoms with Crippen LogP contribution in [0.3, 0.4) is 0 Å². The lowest BCUT2D eigenvalue weighted by molar-refractivity contribution is -0.154. The molecule has 0 aromatic heterocycles. The summed E-state index contributed by atoms with van der Waals surface area (Å²) in [7, 11) is 3.30. The maximum Gasteiger partial charge on any atom is 0.304 e. The van der Waals surface area contributed by atoms with E-state index in [0.717, 1.165) is 66.7 Å². The summed E-state index contributed by atoms with van der Waals surface area (Å²) < 4.78 is 28.4. The molecule has 73 heavy (non-hydrogen) atoms. The number of unbranched alkanes of at least 4 members (excludes halogenated alkanes) is 7. The molecule has 5 aromatic rings. The number of hydrogen-bond acceptors (Lipinski definition) is 11. The van der Waals surface area contributed by atoms with Gasteiger partial charge in [-0.3, -0.25) is 33.7 Å². The Morgan fingerprint density at radius 3 is 1.75 bits per heavy atom. The molecule has 1 heterocycles. The molecule has 0 saturated heterocycles. The molecule has 15 heteroatoms. The van der Waals surface area contributed by atoms with Gasteiger partial charge in [-0.25, -0.2) is 0 Å². The zero-order valence-electron chi connectivity index (χ0n) is 43.2. The van der Waals surface area contributed by atoms with Crippen molar-refractivity contribution in [1.29, 1.82) is 0 Å². The first-order valence-electron chi connectivity index (χ1n) is 24.9. The van der Waals surface area contributed by atoms with Gasteiger partial charge in [-0.15, -0.1) is 0 Å². The summed E-state index contributed by atoms with van der Waals surface area (Å²) >= 11 is 0. The lowest BCUT2D eigenvalue weighted by atomic mass is 9.80. The van der Waals surface area contributed by atoms with Crippen molar-refractivity contribution in [1.82, 2.24) is 10.2 Å². The molecule has 1 unspecified atom stereocenters. The van der Waals surface area contributed by atoms with Crippen molar-refractivity contribution in [2.24, 2.45) is 0 Å². The smallest absolute Gasteiger partial charge is 0.304 e. The minimum absolute atomic E-state index is 0.0228. The Bertz CT molecular complexity index is 2570. The molecule has 4 amide bonds. The van der Waals surface area contributed by atoms with Crippen LogP contribution in [0.1, 0.15) is 147 Å². The number of hydrogen-bond donors (Lipinski definition) is 3. The molecule has 0 radical (unpaired) electrons. The molecular formula is C58H70N4O11. The number of rotatable bonds is 25. The van der Waals surface area contributed by atoms with Crippen LogP contribution in [0, 0.1) is 0 Å². The Morgan fingerprint density at radius 1 is 0.616 bits per heavy atom. The second-order valence-electron chi connectivity index (χ2n) is 17.7. The lowest BCUT2D eigenvalue weighted by Gasteiger charge is -2.36. The zero-order chi connectivity index (χ0) is 52.8. The third-order valence-electron chi connectivity index (χ3n) is 12.1. The molecule has 3 N–H and O–H groups in total. The average Bonchev–Trinajstić information content (AvgIpc) is 3.63. The number of anilines is 2. The van der Waals surface area contributed by atoms with Crippen molar-refractivity contribution in [3.8, 4) is 11.5 Å². The molecule has 388 valence electrons. The normalized spacial score (nSPS) is 12.7. The SMILES string of the molecule is CCCCCCCNC(=O)c1cc(NC(C)=O)ccc1COC(C)=O.COc1ccc(C(OCCCCCCN2C(=O)c3cc(NC(C)=O)ccc3C2OC(C)=O)(c2ccccc2)c2ccc(OC)cc2)cc1. The van der Waals surface area contributed by atoms with E-state index in [-0.39, 0.29) is 30.2 Å². The number of ether oxygens (including phenoxy) is 5. The first kappa shape index (κ1) is 56.4. The fraction of sp³-hybridized carbons (Fsp3) is 0.379. The van der Waals surface area contributed by atoms with E-state index in [1.54, 1.807) is 55.5 Å². The Hall–Kier alpha value is -7.52. The third kappa shape index (κ3) is 16.2. The predicted octanol–water partition coefficient (Wildman–Crippen LogP) is 10.7. The standard InChI is InChI=1S/C39H42N2O7.C19H28N2O4/c1-27(42)40-32-18-23-35-36(26-32)37(44)41(38(35)48-28(2)43)24-10-5-6-11-25-47-39(29-12-8-7-9-13-29,30-14-19-33(45-3)20-15-30)31-16-21-34(46-4)22-17-31;1-4-5-6-7-8-11-20-19(24)18-12-17(21-14(2)22)10-9-16(18)13-25-15(3)23/h7-9,12-23,26,38H,5-6,10-11,24-25H2,1-4H3,(H,40,42);9-10,12H,4-8,11,13H2,1-3H3,(H,20,24)(H,21,22). The molecule has 0 spiro atoms. The number of carbonyl (C=O) groups is 6. The van der Waals surface area contributed by atoms with Gasteiger partial charge in [0.2, 0.25) is 18.0 Å². The van der Waals surface area contributed by atoms with Crippen LogP contribution < -0.4 is 25.4 Å². The number of fused-ring (bicyclic) bond motifs is 1. The fourth-order valence-electron chi connectivity index (χ4n) is 8.61. The Labute approximate surface area is 429 Å². The lowest BCUT2D eigenvalue weighted by Crippen LogP contribution is -2.33. The zero-order valence-corrected chi connectivity index (χ0v) is 43.2. The summed E-state index contributed by atoms with van der Waals surface area (Å²) in [5.41, 5.74) is 5.19. The maximum atomic E-state index is 13.4. The molecule has 1 aliphatic heterocycles. The van der Waals surface area contributed by atoms with Crippen LogP contribution in [0.5, 0.6) is 11.5 Å². The van der Waals surface area contributed by atoms with Crippen molar-refractivity contribution in [3.63, 3.8) is 0 Å². The number of nitrogens with one attached hydrogen (secondary N) is 3. The average molecular weight is 999 g/mol. The number of amides is 4. The quantitative estimate of drug-likeness (QED) is 0.0287. The fourth-order valence-corrected chi connectivity index (χ4v) is 8.61. The molecule has 0 bridgehead atoms. The van der Waals surface area contributed by atoms with Gasteiger partial charge in [0.1, 0.15) is 23.7 Å². The number of methoxy groups -OCH3 is 2. The van der Waals surface area contributed by atoms with Crippen molar-refractivity contribution in [3.05, 3.63) is 154 Å². The van der Waals surface area contributed by atoms with Gasteiger partial charge in [-0.1, -0.05) is 112 Å². The topological polar surface area (TPSA) is 188 Å². The molecule has 1 atom stereocenters. The minimum atomic E-state index is -0.874. The van der Waals surface area contributed by atoms with Crippen LogP contribution in [0.25, 0.3) is 0 Å². The van der Waals surface area contributed by atoms with Crippen molar-refractivity contribution in [2.75, 3.05) is 44.5 Å². The second-order valence-corrected chi connectivity index (χ2v) is 17.7. The Morgan fingerprint density at radius 2 is 1.18 bits per heavy atom. The van der Waals surface area contributed by atoms with E-state index in [1.165, 1.54) is 47.0 Å².